The first-order valence-corrected chi connectivity index (χ1v) is 10.5. The average Bonchev–Trinajstić information content (AvgIpc) is 2.94. The number of carbonyl (C=O) groups excluding carboxylic acids is 1. The number of terminal acetylenes is 1. The molecule has 0 N–H and O–H groups in total. The van der Waals surface area contributed by atoms with E-state index >= 15 is 0 Å². The van der Waals surface area contributed by atoms with Crippen LogP contribution in [0.2, 0.25) is 0 Å². The van der Waals surface area contributed by atoms with Crippen LogP contribution < -0.4 is 0 Å². The second kappa shape index (κ2) is 6.34. The molecule has 4 rings (SSSR count). The van der Waals surface area contributed by atoms with Gasteiger partial charge in [0, 0.05) is 5.41 Å². The van der Waals surface area contributed by atoms with E-state index in [1.165, 1.54) is 32.1 Å². The van der Waals surface area contributed by atoms with Crippen LogP contribution in [0.4, 0.5) is 0 Å². The standard InChI is InChI=1S/C22H29ClO2/c1-3-22(25-20(24)14-23)13-11-19-18-9-8-15-6-4-5-7-16(15)17(18)10-12-21(19,22)2/h1,4-5,15-19H,6-14H2,2H3/t15?,16-,17+,18+,19-,21-,22-/m0/s1. The van der Waals surface area contributed by atoms with Gasteiger partial charge in [-0.1, -0.05) is 25.0 Å². The highest BCUT2D eigenvalue weighted by Gasteiger charge is 2.64. The maximum absolute atomic E-state index is 12.0. The number of ether oxygens (including phenoxy) is 1. The van der Waals surface area contributed by atoms with Gasteiger partial charge in [-0.25, -0.2) is 0 Å². The van der Waals surface area contributed by atoms with Crippen molar-refractivity contribution in [1.29, 1.82) is 0 Å². The molecule has 3 saturated carbocycles. The molecule has 0 aromatic rings. The van der Waals surface area contributed by atoms with Crippen LogP contribution >= 0.6 is 11.6 Å². The lowest BCUT2D eigenvalue weighted by atomic mass is 9.49. The molecule has 4 aliphatic rings. The smallest absolute Gasteiger partial charge is 0.322 e. The van der Waals surface area contributed by atoms with E-state index in [1.54, 1.807) is 0 Å². The Labute approximate surface area is 156 Å². The van der Waals surface area contributed by atoms with Crippen molar-refractivity contribution in [3.8, 4) is 12.3 Å². The van der Waals surface area contributed by atoms with E-state index in [1.807, 2.05) is 0 Å². The summed E-state index contributed by atoms with van der Waals surface area (Å²) in [6, 6.07) is 0. The summed E-state index contributed by atoms with van der Waals surface area (Å²) in [5.74, 6) is 6.34. The van der Waals surface area contributed by atoms with Crippen LogP contribution in [0.1, 0.15) is 58.3 Å². The monoisotopic (exact) mass is 360 g/mol. The number of alkyl halides is 1. The number of halogens is 1. The van der Waals surface area contributed by atoms with Crippen LogP contribution in [0.5, 0.6) is 0 Å². The van der Waals surface area contributed by atoms with Crippen LogP contribution in [0.3, 0.4) is 0 Å². The predicted octanol–water partition coefficient (Wildman–Crippen LogP) is 4.96. The molecule has 0 amide bonds. The van der Waals surface area contributed by atoms with E-state index in [-0.39, 0.29) is 17.3 Å². The highest BCUT2D eigenvalue weighted by atomic mass is 35.5. The average molecular weight is 361 g/mol. The fraction of sp³-hybridized carbons (Fsp3) is 0.773. The Morgan fingerprint density at radius 1 is 1.16 bits per heavy atom. The normalized spacial score (nSPS) is 48.0. The minimum absolute atomic E-state index is 0.0953. The molecule has 2 nitrogen and oxygen atoms in total. The second-order valence-electron chi connectivity index (χ2n) is 8.95. The largest absolute Gasteiger partial charge is 0.444 e. The summed E-state index contributed by atoms with van der Waals surface area (Å²) >= 11 is 5.71. The first kappa shape index (κ1) is 17.5. The van der Waals surface area contributed by atoms with Crippen molar-refractivity contribution in [2.24, 2.45) is 35.0 Å². The molecular formula is C22H29ClO2. The van der Waals surface area contributed by atoms with Gasteiger partial charge in [-0.15, -0.1) is 18.0 Å². The third kappa shape index (κ3) is 2.49. The Bertz CT molecular complexity index is 620. The zero-order valence-corrected chi connectivity index (χ0v) is 15.9. The fourth-order valence-electron chi connectivity index (χ4n) is 7.07. The first-order chi connectivity index (χ1) is 12.0. The molecule has 0 aromatic heterocycles. The zero-order chi connectivity index (χ0) is 17.7. The molecule has 1 unspecified atom stereocenters. The summed E-state index contributed by atoms with van der Waals surface area (Å²) in [4.78, 5) is 12.0. The lowest BCUT2D eigenvalue weighted by molar-refractivity contribution is -0.168. The molecule has 0 spiro atoms. The molecule has 0 saturated heterocycles. The number of carbonyl (C=O) groups is 1. The molecule has 0 bridgehead atoms. The van der Waals surface area contributed by atoms with Crippen LogP contribution in [-0.4, -0.2) is 17.5 Å². The van der Waals surface area contributed by atoms with E-state index in [4.69, 9.17) is 22.8 Å². The van der Waals surface area contributed by atoms with Crippen molar-refractivity contribution in [2.45, 2.75) is 63.9 Å². The van der Waals surface area contributed by atoms with Gasteiger partial charge >= 0.3 is 5.97 Å². The Hall–Kier alpha value is -0.940. The number of esters is 1. The van der Waals surface area contributed by atoms with Gasteiger partial charge in [-0.05, 0) is 81.0 Å². The molecule has 136 valence electrons. The molecule has 0 aromatic carbocycles. The Morgan fingerprint density at radius 2 is 1.96 bits per heavy atom. The zero-order valence-electron chi connectivity index (χ0n) is 15.2. The van der Waals surface area contributed by atoms with Gasteiger partial charge in [0.25, 0.3) is 0 Å². The van der Waals surface area contributed by atoms with Crippen LogP contribution in [0, 0.1) is 47.3 Å². The van der Waals surface area contributed by atoms with Crippen molar-refractivity contribution in [3.05, 3.63) is 12.2 Å². The topological polar surface area (TPSA) is 26.3 Å². The predicted molar refractivity (Wildman–Crippen MR) is 100 cm³/mol. The number of rotatable bonds is 2. The highest BCUT2D eigenvalue weighted by molar-refractivity contribution is 6.26. The van der Waals surface area contributed by atoms with Crippen molar-refractivity contribution in [1.82, 2.24) is 0 Å². The Kier molecular flexibility index (Phi) is 4.43. The van der Waals surface area contributed by atoms with E-state index in [2.05, 4.69) is 25.0 Å². The van der Waals surface area contributed by atoms with Crippen molar-refractivity contribution in [2.75, 3.05) is 5.88 Å². The van der Waals surface area contributed by atoms with Gasteiger partial charge in [0.15, 0.2) is 5.60 Å². The Morgan fingerprint density at radius 3 is 2.72 bits per heavy atom. The van der Waals surface area contributed by atoms with Crippen molar-refractivity contribution >= 4 is 17.6 Å². The van der Waals surface area contributed by atoms with Crippen molar-refractivity contribution in [3.63, 3.8) is 0 Å². The molecule has 3 fully saturated rings. The highest BCUT2D eigenvalue weighted by Crippen LogP contribution is 2.65. The van der Waals surface area contributed by atoms with Crippen molar-refractivity contribution < 1.29 is 9.53 Å². The van der Waals surface area contributed by atoms with Gasteiger partial charge in [0.1, 0.15) is 5.88 Å². The first-order valence-electron chi connectivity index (χ1n) is 9.95. The molecule has 0 heterocycles. The summed E-state index contributed by atoms with van der Waals surface area (Å²) < 4.78 is 5.84. The molecule has 4 aliphatic carbocycles. The van der Waals surface area contributed by atoms with Crippen LogP contribution in [0.15, 0.2) is 12.2 Å². The maximum Gasteiger partial charge on any atom is 0.322 e. The van der Waals surface area contributed by atoms with Gasteiger partial charge in [-0.3, -0.25) is 4.79 Å². The molecule has 25 heavy (non-hydrogen) atoms. The van der Waals surface area contributed by atoms with Crippen LogP contribution in [-0.2, 0) is 9.53 Å². The molecule has 7 atom stereocenters. The number of fused-ring (bicyclic) bond motifs is 5. The molecular weight excluding hydrogens is 332 g/mol. The molecule has 3 heteroatoms. The SMILES string of the molecule is C#C[C@]1(OC(=O)CCl)CC[C@H]2[C@@H]3CCC4CC=CC[C@@H]4[C@H]3CC[C@@]21C. The van der Waals surface area contributed by atoms with Gasteiger partial charge < -0.3 is 4.74 Å². The van der Waals surface area contributed by atoms with E-state index in [0.29, 0.717) is 5.92 Å². The summed E-state index contributed by atoms with van der Waals surface area (Å²) in [5, 5.41) is 0. The summed E-state index contributed by atoms with van der Waals surface area (Å²) in [5.41, 5.74) is -0.847. The van der Waals surface area contributed by atoms with E-state index in [9.17, 15) is 4.79 Å². The third-order valence-electron chi connectivity index (χ3n) is 8.28. The quantitative estimate of drug-likeness (QED) is 0.301. The van der Waals surface area contributed by atoms with E-state index in [0.717, 1.165) is 42.9 Å². The molecule has 0 radical (unpaired) electrons. The number of allylic oxidation sites excluding steroid dienone is 2. The lowest BCUT2D eigenvalue weighted by Gasteiger charge is -2.56. The van der Waals surface area contributed by atoms with Crippen LogP contribution in [0.25, 0.3) is 0 Å². The van der Waals surface area contributed by atoms with Gasteiger partial charge in [0.05, 0.1) is 0 Å². The van der Waals surface area contributed by atoms with Gasteiger partial charge in [-0.2, -0.15) is 0 Å². The third-order valence-corrected chi connectivity index (χ3v) is 8.50. The second-order valence-corrected chi connectivity index (χ2v) is 9.22. The summed E-state index contributed by atoms with van der Waals surface area (Å²) in [6.45, 7) is 2.29. The van der Waals surface area contributed by atoms with E-state index < -0.39 is 5.60 Å². The maximum atomic E-state index is 12.0. The minimum Gasteiger partial charge on any atom is -0.444 e. The Balaban J connectivity index is 1.61. The molecule has 0 aliphatic heterocycles. The summed E-state index contributed by atoms with van der Waals surface area (Å²) in [6.07, 6.45) is 20.2. The lowest BCUT2D eigenvalue weighted by Crippen LogP contribution is -2.54. The van der Waals surface area contributed by atoms with Gasteiger partial charge in [0.2, 0.25) is 0 Å². The summed E-state index contributed by atoms with van der Waals surface area (Å²) in [7, 11) is 0. The minimum atomic E-state index is -0.752. The number of hydrogen-bond donors (Lipinski definition) is 0. The fourth-order valence-corrected chi connectivity index (χ4v) is 7.13. The number of hydrogen-bond acceptors (Lipinski definition) is 2.